The van der Waals surface area contributed by atoms with Gasteiger partial charge in [-0.25, -0.2) is 0 Å². The molecule has 0 radical (unpaired) electrons. The third-order valence-electron chi connectivity index (χ3n) is 10.3. The zero-order valence-corrected chi connectivity index (χ0v) is 34.4. The van der Waals surface area contributed by atoms with E-state index in [1.807, 2.05) is 34.6 Å². The molecule has 3 aromatic rings. The molecule has 3 aliphatic rings. The molecule has 0 bridgehead atoms. The number of rotatable bonds is 3. The number of hydrogen-bond donors (Lipinski definition) is 0. The molecule has 8 nitrogen and oxygen atoms in total. The van der Waals surface area contributed by atoms with Crippen molar-refractivity contribution in [2.24, 2.45) is 0 Å². The van der Waals surface area contributed by atoms with Gasteiger partial charge in [-0.05, 0) is 79.5 Å². The minimum atomic E-state index is -2.06. The van der Waals surface area contributed by atoms with Crippen molar-refractivity contribution < 1.29 is 36.6 Å². The first-order valence-electron chi connectivity index (χ1n) is 18.2. The van der Waals surface area contributed by atoms with Gasteiger partial charge in [0.05, 0.1) is 6.61 Å². The summed E-state index contributed by atoms with van der Waals surface area (Å²) < 4.78 is 53.3. The van der Waals surface area contributed by atoms with Gasteiger partial charge in [0.2, 0.25) is 0 Å². The minimum absolute atomic E-state index is 0.0985. The summed E-state index contributed by atoms with van der Waals surface area (Å²) in [6.07, 6.45) is -2.23. The fourth-order valence-electron chi connectivity index (χ4n) is 7.28. The van der Waals surface area contributed by atoms with Crippen LogP contribution in [0.4, 0.5) is 0 Å². The summed E-state index contributed by atoms with van der Waals surface area (Å²) in [5.41, 5.74) is 4.47. The number of hydrogen-bond acceptors (Lipinski definition) is 8. The van der Waals surface area contributed by atoms with Gasteiger partial charge in [0.15, 0.2) is 17.9 Å². The first-order chi connectivity index (χ1) is 22.6. The van der Waals surface area contributed by atoms with Crippen LogP contribution < -0.4 is 4.52 Å². The zero-order valence-electron chi connectivity index (χ0n) is 33.5. The normalized spacial score (nSPS) is 28.5. The Morgan fingerprint density at radius 1 is 0.600 bits per heavy atom. The van der Waals surface area contributed by atoms with Crippen molar-refractivity contribution in [2.75, 3.05) is 6.61 Å². The molecule has 0 aliphatic carbocycles. The van der Waals surface area contributed by atoms with Gasteiger partial charge in [0.1, 0.15) is 35.1 Å². The third-order valence-corrected chi connectivity index (χ3v) is 11.5. The predicted molar refractivity (Wildman–Crippen MR) is 200 cm³/mol. The highest BCUT2D eigenvalue weighted by Gasteiger charge is 2.66. The molecule has 0 N–H and O–H groups in total. The van der Waals surface area contributed by atoms with Crippen LogP contribution in [0.3, 0.4) is 0 Å². The molecule has 0 saturated carbocycles. The van der Waals surface area contributed by atoms with E-state index in [2.05, 4.69) is 107 Å². The second kappa shape index (κ2) is 11.8. The first kappa shape index (κ1) is 37.8. The van der Waals surface area contributed by atoms with Crippen molar-refractivity contribution in [3.63, 3.8) is 0 Å². The quantitative estimate of drug-likeness (QED) is 0.265. The van der Waals surface area contributed by atoms with Crippen LogP contribution in [0.25, 0.3) is 21.9 Å². The van der Waals surface area contributed by atoms with E-state index in [1.54, 1.807) is 0 Å². The molecule has 3 fully saturated rings. The van der Waals surface area contributed by atoms with E-state index in [9.17, 15) is 0 Å². The third kappa shape index (κ3) is 6.96. The van der Waals surface area contributed by atoms with Crippen LogP contribution in [0.5, 0.6) is 0 Å². The lowest BCUT2D eigenvalue weighted by Crippen LogP contribution is -2.55. The monoisotopic (exact) mass is 712 g/mol. The summed E-state index contributed by atoms with van der Waals surface area (Å²) in [6.45, 7) is 36.9. The number of fused-ring (bicyclic) bond motifs is 4. The van der Waals surface area contributed by atoms with Gasteiger partial charge in [-0.15, -0.1) is 0 Å². The highest BCUT2D eigenvalue weighted by Crippen LogP contribution is 2.51. The number of ether oxygens (including phenoxy) is 5. The Morgan fingerprint density at radius 2 is 1.08 bits per heavy atom. The van der Waals surface area contributed by atoms with E-state index in [0.717, 1.165) is 33.1 Å². The Morgan fingerprint density at radius 3 is 1.48 bits per heavy atom. The molecule has 0 spiro atoms. The van der Waals surface area contributed by atoms with E-state index < -0.39 is 50.0 Å². The minimum Gasteiger partial charge on any atom is -0.399 e. The topological polar surface area (TPSA) is 81.7 Å². The van der Waals surface area contributed by atoms with Crippen LogP contribution in [-0.2, 0) is 45.3 Å². The Labute approximate surface area is 300 Å². The van der Waals surface area contributed by atoms with Gasteiger partial charge in [0.25, 0.3) is 0 Å². The van der Waals surface area contributed by atoms with Crippen LogP contribution in [0.2, 0.25) is 0 Å². The molecule has 1 aromatic heterocycles. The maximum absolute atomic E-state index is 7.22. The molecule has 6 rings (SSSR count). The SMILES string of the molecule is CC1(C)OC[C@H]([C@H]2O[C@@H]3OC(C)(C)O[C@@H]3[C@]2(C)Op2oc3c(C(C)(C)C)cc(C(C)(C)C)cc3c3cc(C(C)(C)C)cc(C(C)(C)C)c3o2)O1. The second-order valence-electron chi connectivity index (χ2n) is 19.8. The van der Waals surface area contributed by atoms with E-state index >= 15 is 0 Å². The summed E-state index contributed by atoms with van der Waals surface area (Å²) in [5, 5.41) is 2.03. The van der Waals surface area contributed by atoms with Crippen LogP contribution in [0.15, 0.2) is 32.7 Å². The van der Waals surface area contributed by atoms with Crippen LogP contribution in [0, 0.1) is 0 Å². The standard InChI is InChI=1S/C41H61O8P/c1-35(2,3)23-18-25-26-19-24(36(4,5)6)21-28(38(10,11)12)31(26)48-50(47-30(25)27(20-23)37(7,8)9)49-41(17)32(29-22-42-39(13,14)44-29)43-34-33(41)45-40(15,16)46-34/h18-21,29,32-34H,22H2,1-17H3/t29-,32-,33+,34-,41-/m1/s1. The lowest BCUT2D eigenvalue weighted by atomic mass is 9.77. The van der Waals surface area contributed by atoms with Crippen molar-refractivity contribution >= 4 is 30.2 Å². The van der Waals surface area contributed by atoms with Crippen LogP contribution in [-0.4, -0.2) is 48.4 Å². The van der Waals surface area contributed by atoms with Crippen molar-refractivity contribution in [3.05, 3.63) is 46.5 Å². The van der Waals surface area contributed by atoms with Gasteiger partial charge in [-0.2, -0.15) is 0 Å². The van der Waals surface area contributed by atoms with Crippen LogP contribution >= 0.6 is 8.24 Å². The maximum atomic E-state index is 7.22. The van der Waals surface area contributed by atoms with Crippen molar-refractivity contribution in [2.45, 2.75) is 181 Å². The molecule has 50 heavy (non-hydrogen) atoms. The first-order valence-corrected chi connectivity index (χ1v) is 19.3. The Kier molecular flexibility index (Phi) is 8.93. The fourth-order valence-corrected chi connectivity index (χ4v) is 8.62. The Bertz CT molecular complexity index is 1730. The zero-order chi connectivity index (χ0) is 37.2. The average molecular weight is 713 g/mol. The fraction of sp³-hybridized carbons (Fsp3) is 0.707. The molecule has 278 valence electrons. The predicted octanol–water partition coefficient (Wildman–Crippen LogP) is 10.7. The number of benzene rings is 2. The summed E-state index contributed by atoms with van der Waals surface area (Å²) >= 11 is 0. The van der Waals surface area contributed by atoms with E-state index in [1.165, 1.54) is 11.1 Å². The molecule has 0 amide bonds. The summed E-state index contributed by atoms with van der Waals surface area (Å²) in [4.78, 5) is 0. The van der Waals surface area contributed by atoms with E-state index in [4.69, 9.17) is 36.6 Å². The summed E-state index contributed by atoms with van der Waals surface area (Å²) in [5.74, 6) is -1.62. The largest absolute Gasteiger partial charge is 0.399 e. The molecular formula is C41H61O8P. The van der Waals surface area contributed by atoms with Gasteiger partial charge < -0.3 is 32.1 Å². The molecular weight excluding hydrogens is 651 g/mol. The highest BCUT2D eigenvalue weighted by molar-refractivity contribution is 7.31. The lowest BCUT2D eigenvalue weighted by molar-refractivity contribution is -0.239. The van der Waals surface area contributed by atoms with Crippen molar-refractivity contribution in [1.82, 2.24) is 0 Å². The summed E-state index contributed by atoms with van der Waals surface area (Å²) in [7, 11) is -2.06. The second-order valence-corrected chi connectivity index (χ2v) is 20.8. The average Bonchev–Trinajstić information content (AvgIpc) is 3.49. The molecule has 0 unspecified atom stereocenters. The van der Waals surface area contributed by atoms with E-state index in [-0.39, 0.29) is 21.7 Å². The van der Waals surface area contributed by atoms with Gasteiger partial charge >= 0.3 is 8.24 Å². The lowest BCUT2D eigenvalue weighted by Gasteiger charge is -2.35. The van der Waals surface area contributed by atoms with Gasteiger partial charge in [-0.3, -0.25) is 4.52 Å². The Hall–Kier alpha value is -1.90. The molecule has 3 aliphatic heterocycles. The maximum Gasteiger partial charge on any atom is 0.388 e. The molecule has 5 atom stereocenters. The highest BCUT2D eigenvalue weighted by atomic mass is 31.1. The smallest absolute Gasteiger partial charge is 0.388 e. The van der Waals surface area contributed by atoms with Crippen molar-refractivity contribution in [3.8, 4) is 0 Å². The molecule has 9 heteroatoms. The van der Waals surface area contributed by atoms with Crippen molar-refractivity contribution in [1.29, 1.82) is 0 Å². The van der Waals surface area contributed by atoms with E-state index in [0.29, 0.717) is 6.61 Å². The Balaban J connectivity index is 1.70. The molecule has 4 heterocycles. The molecule has 3 saturated heterocycles. The molecule has 2 aromatic carbocycles. The van der Waals surface area contributed by atoms with Crippen LogP contribution in [0.1, 0.15) is 140 Å². The summed E-state index contributed by atoms with van der Waals surface area (Å²) in [6, 6.07) is 9.20. The van der Waals surface area contributed by atoms with Gasteiger partial charge in [-0.1, -0.05) is 95.2 Å². The van der Waals surface area contributed by atoms with Gasteiger partial charge in [0, 0.05) is 21.9 Å².